The maximum atomic E-state index is 8.78. The van der Waals surface area contributed by atoms with Crippen molar-refractivity contribution in [3.05, 3.63) is 0 Å². The van der Waals surface area contributed by atoms with Crippen molar-refractivity contribution < 1.29 is 19.7 Å². The number of alkyl halides is 1. The summed E-state index contributed by atoms with van der Waals surface area (Å²) in [5.74, 6) is 0. The number of amides is 1. The first-order valence-electron chi connectivity index (χ1n) is 3.78. The van der Waals surface area contributed by atoms with Crippen molar-refractivity contribution >= 4 is 17.7 Å². The smallest absolute Gasteiger partial charge is 0.402 e. The molecular weight excluding hydrogens is 198 g/mol. The number of carbonyl (C=O) groups is 1. The van der Waals surface area contributed by atoms with Crippen LogP contribution < -0.4 is 5.73 Å². The fourth-order valence-corrected chi connectivity index (χ4v) is 0.490. The molecule has 0 aromatic carbocycles. The standard InChI is InChI=1S/C6H13ClO2.CH3NO2/c1-5(2)9-4-3-6(7)8;2-1(3)4/h5-6,8H,3-4H2,1-2H3;2H2,(H,3,4). The van der Waals surface area contributed by atoms with Gasteiger partial charge in [-0.05, 0) is 13.8 Å². The zero-order chi connectivity index (χ0) is 10.9. The molecule has 0 aliphatic carbocycles. The number of primary amides is 1. The Morgan fingerprint density at radius 3 is 2.23 bits per heavy atom. The van der Waals surface area contributed by atoms with Crippen LogP contribution in [-0.2, 0) is 4.74 Å². The van der Waals surface area contributed by atoms with E-state index in [0.717, 1.165) is 0 Å². The number of hydrogen-bond donors (Lipinski definition) is 3. The Bertz CT molecular complexity index is 118. The molecule has 1 amide bonds. The Morgan fingerprint density at radius 2 is 2.00 bits per heavy atom. The van der Waals surface area contributed by atoms with E-state index >= 15 is 0 Å². The van der Waals surface area contributed by atoms with Gasteiger partial charge >= 0.3 is 6.09 Å². The zero-order valence-corrected chi connectivity index (χ0v) is 8.49. The topological polar surface area (TPSA) is 92.8 Å². The van der Waals surface area contributed by atoms with Crippen LogP contribution in [0.1, 0.15) is 20.3 Å². The number of ether oxygens (including phenoxy) is 1. The quantitative estimate of drug-likeness (QED) is 0.607. The summed E-state index contributed by atoms with van der Waals surface area (Å²) in [6.07, 6.45) is -0.611. The lowest BCUT2D eigenvalue weighted by Crippen LogP contribution is -2.08. The van der Waals surface area contributed by atoms with Crippen LogP contribution in [-0.4, -0.2) is 34.6 Å². The van der Waals surface area contributed by atoms with Gasteiger partial charge in [-0.25, -0.2) is 4.79 Å². The van der Waals surface area contributed by atoms with Crippen molar-refractivity contribution in [2.45, 2.75) is 31.9 Å². The van der Waals surface area contributed by atoms with E-state index < -0.39 is 11.7 Å². The SMILES string of the molecule is CC(C)OCCC(O)Cl.NC(=O)O. The van der Waals surface area contributed by atoms with Gasteiger partial charge in [0.25, 0.3) is 0 Å². The molecule has 0 saturated carbocycles. The lowest BCUT2D eigenvalue weighted by atomic mass is 10.4. The van der Waals surface area contributed by atoms with Crippen LogP contribution in [0, 0.1) is 0 Å². The molecule has 1 unspecified atom stereocenters. The molecule has 0 fully saturated rings. The molecule has 0 aromatic rings. The molecule has 0 heterocycles. The highest BCUT2D eigenvalue weighted by Gasteiger charge is 1.98. The van der Waals surface area contributed by atoms with Crippen molar-refractivity contribution in [2.75, 3.05) is 6.61 Å². The third kappa shape index (κ3) is 34.4. The lowest BCUT2D eigenvalue weighted by molar-refractivity contribution is 0.0620. The molecule has 0 saturated heterocycles. The third-order valence-corrected chi connectivity index (χ3v) is 1.03. The van der Waals surface area contributed by atoms with Gasteiger partial charge in [0.05, 0.1) is 12.7 Å². The second-order valence-corrected chi connectivity index (χ2v) is 2.98. The van der Waals surface area contributed by atoms with E-state index in [1.54, 1.807) is 0 Å². The highest BCUT2D eigenvalue weighted by Crippen LogP contribution is 1.98. The molecule has 0 bridgehead atoms. The highest BCUT2D eigenvalue weighted by molar-refractivity contribution is 6.19. The first-order valence-corrected chi connectivity index (χ1v) is 4.22. The maximum Gasteiger partial charge on any atom is 0.402 e. The van der Waals surface area contributed by atoms with Crippen LogP contribution in [0.15, 0.2) is 0 Å². The Hall–Kier alpha value is -0.520. The minimum Gasteiger partial charge on any atom is -0.465 e. The molecule has 4 N–H and O–H groups in total. The number of halogens is 1. The first kappa shape index (κ1) is 15.0. The Kier molecular flexibility index (Phi) is 11.0. The molecule has 13 heavy (non-hydrogen) atoms. The fraction of sp³-hybridized carbons (Fsp3) is 0.857. The summed E-state index contributed by atoms with van der Waals surface area (Å²) in [4.78, 5) is 8.78. The van der Waals surface area contributed by atoms with Gasteiger partial charge in [-0.15, -0.1) is 0 Å². The van der Waals surface area contributed by atoms with Gasteiger partial charge < -0.3 is 20.7 Å². The number of aliphatic hydroxyl groups is 1. The predicted octanol–water partition coefficient (Wildman–Crippen LogP) is 0.982. The molecule has 6 heteroatoms. The Labute approximate surface area is 82.4 Å². The number of carboxylic acid groups (broad SMARTS) is 1. The van der Waals surface area contributed by atoms with Crippen LogP contribution in [0.2, 0.25) is 0 Å². The normalized spacial score (nSPS) is 11.8. The summed E-state index contributed by atoms with van der Waals surface area (Å²) in [5.41, 5.74) is 3.27. The molecular formula is C7H16ClNO4. The minimum atomic E-state index is -1.33. The van der Waals surface area contributed by atoms with E-state index in [1.807, 2.05) is 13.8 Å². The monoisotopic (exact) mass is 213 g/mol. The summed E-state index contributed by atoms with van der Waals surface area (Å²) >= 11 is 5.24. The van der Waals surface area contributed by atoms with Crippen molar-refractivity contribution in [1.29, 1.82) is 0 Å². The zero-order valence-electron chi connectivity index (χ0n) is 7.74. The van der Waals surface area contributed by atoms with E-state index in [9.17, 15) is 0 Å². The number of nitrogens with two attached hydrogens (primary N) is 1. The highest BCUT2D eigenvalue weighted by atomic mass is 35.5. The summed E-state index contributed by atoms with van der Waals surface area (Å²) < 4.78 is 5.11. The van der Waals surface area contributed by atoms with E-state index in [0.29, 0.717) is 13.0 Å². The molecule has 0 rings (SSSR count). The Morgan fingerprint density at radius 1 is 1.62 bits per heavy atom. The second kappa shape index (κ2) is 9.57. The van der Waals surface area contributed by atoms with Gasteiger partial charge in [0.15, 0.2) is 0 Å². The molecule has 0 aromatic heterocycles. The number of rotatable bonds is 4. The van der Waals surface area contributed by atoms with Crippen molar-refractivity contribution in [3.8, 4) is 0 Å². The second-order valence-electron chi connectivity index (χ2n) is 2.48. The van der Waals surface area contributed by atoms with Crippen LogP contribution >= 0.6 is 11.6 Å². The summed E-state index contributed by atoms with van der Waals surface area (Å²) in [6.45, 7) is 4.42. The summed E-state index contributed by atoms with van der Waals surface area (Å²) in [7, 11) is 0. The van der Waals surface area contributed by atoms with Gasteiger partial charge in [-0.1, -0.05) is 11.6 Å². The van der Waals surface area contributed by atoms with Gasteiger partial charge in [0, 0.05) is 6.42 Å². The van der Waals surface area contributed by atoms with Crippen molar-refractivity contribution in [3.63, 3.8) is 0 Å². The molecule has 5 nitrogen and oxygen atoms in total. The lowest BCUT2D eigenvalue weighted by Gasteiger charge is -2.06. The van der Waals surface area contributed by atoms with Crippen LogP contribution in [0.5, 0.6) is 0 Å². The fourth-order valence-electron chi connectivity index (χ4n) is 0.401. The average Bonchev–Trinajstić information content (AvgIpc) is 1.83. The Balaban J connectivity index is 0. The van der Waals surface area contributed by atoms with Crippen molar-refractivity contribution in [2.24, 2.45) is 5.73 Å². The first-order chi connectivity index (χ1) is 5.86. The average molecular weight is 214 g/mol. The molecule has 0 aliphatic rings. The van der Waals surface area contributed by atoms with Crippen LogP contribution in [0.3, 0.4) is 0 Å². The van der Waals surface area contributed by atoms with Crippen molar-refractivity contribution in [1.82, 2.24) is 0 Å². The summed E-state index contributed by atoms with van der Waals surface area (Å²) in [5, 5.41) is 15.7. The molecule has 0 spiro atoms. The third-order valence-electron chi connectivity index (χ3n) is 0.807. The maximum absolute atomic E-state index is 8.78. The number of aliphatic hydroxyl groups excluding tert-OH is 1. The largest absolute Gasteiger partial charge is 0.465 e. The molecule has 0 radical (unpaired) electrons. The van der Waals surface area contributed by atoms with Crippen LogP contribution in [0.25, 0.3) is 0 Å². The van der Waals surface area contributed by atoms with E-state index in [2.05, 4.69) is 5.73 Å². The van der Waals surface area contributed by atoms with E-state index in [1.165, 1.54) is 0 Å². The van der Waals surface area contributed by atoms with Gasteiger partial charge in [0.1, 0.15) is 5.56 Å². The molecule has 1 atom stereocenters. The van der Waals surface area contributed by atoms with Gasteiger partial charge in [-0.3, -0.25) is 0 Å². The molecule has 80 valence electrons. The predicted molar refractivity (Wildman–Crippen MR) is 49.8 cm³/mol. The van der Waals surface area contributed by atoms with E-state index in [4.69, 9.17) is 31.3 Å². The minimum absolute atomic E-state index is 0.223. The summed E-state index contributed by atoms with van der Waals surface area (Å²) in [6, 6.07) is 0. The van der Waals surface area contributed by atoms with Gasteiger partial charge in [0.2, 0.25) is 0 Å². The number of hydrogen-bond acceptors (Lipinski definition) is 3. The van der Waals surface area contributed by atoms with Crippen LogP contribution in [0.4, 0.5) is 4.79 Å². The van der Waals surface area contributed by atoms with E-state index in [-0.39, 0.29) is 6.10 Å². The van der Waals surface area contributed by atoms with Gasteiger partial charge in [-0.2, -0.15) is 0 Å². The molecule has 0 aliphatic heterocycles.